The van der Waals surface area contributed by atoms with Gasteiger partial charge in [-0.05, 0) is 40.2 Å². The summed E-state index contributed by atoms with van der Waals surface area (Å²) >= 11 is 12.2. The largest absolute Gasteiger partial charge is 0.388 e. The quantitative estimate of drug-likeness (QED) is 0.863. The number of aliphatic hydroxyl groups excluding tert-OH is 1. The van der Waals surface area contributed by atoms with Gasteiger partial charge in [-0.2, -0.15) is 0 Å². The number of hydrogen-bond acceptors (Lipinski definition) is 2. The van der Waals surface area contributed by atoms with Crippen molar-refractivity contribution >= 4 is 23.2 Å². The number of aliphatic hydroxyl groups is 1. The van der Waals surface area contributed by atoms with Crippen LogP contribution in [0.3, 0.4) is 0 Å². The second kappa shape index (κ2) is 4.92. The topological polar surface area (TPSA) is 29.5 Å². The van der Waals surface area contributed by atoms with Crippen LogP contribution in [-0.2, 0) is 4.74 Å². The van der Waals surface area contributed by atoms with Gasteiger partial charge in [-0.15, -0.1) is 0 Å². The molecule has 106 valence electrons. The summed E-state index contributed by atoms with van der Waals surface area (Å²) in [5, 5.41) is 11.6. The van der Waals surface area contributed by atoms with Crippen LogP contribution in [0, 0.1) is 5.92 Å². The van der Waals surface area contributed by atoms with E-state index in [-0.39, 0.29) is 11.5 Å². The molecule has 2 atom stereocenters. The van der Waals surface area contributed by atoms with Crippen LogP contribution >= 0.6 is 23.2 Å². The van der Waals surface area contributed by atoms with Crippen molar-refractivity contribution in [2.24, 2.45) is 5.92 Å². The minimum Gasteiger partial charge on any atom is -0.388 e. The van der Waals surface area contributed by atoms with Gasteiger partial charge < -0.3 is 9.84 Å². The summed E-state index contributed by atoms with van der Waals surface area (Å²) < 4.78 is 6.03. The maximum Gasteiger partial charge on any atom is 0.0861 e. The number of rotatable bonds is 2. The fourth-order valence-electron chi connectivity index (χ4n) is 3.06. The molecule has 1 aliphatic heterocycles. The van der Waals surface area contributed by atoms with Gasteiger partial charge in [0.25, 0.3) is 0 Å². The minimum absolute atomic E-state index is 0.0153. The smallest absolute Gasteiger partial charge is 0.0861 e. The van der Waals surface area contributed by atoms with Crippen molar-refractivity contribution in [2.75, 3.05) is 0 Å². The zero-order valence-corrected chi connectivity index (χ0v) is 13.2. The maximum atomic E-state index is 10.7. The highest BCUT2D eigenvalue weighted by atomic mass is 35.5. The van der Waals surface area contributed by atoms with Gasteiger partial charge in [0, 0.05) is 11.5 Å². The van der Waals surface area contributed by atoms with E-state index in [2.05, 4.69) is 0 Å². The molecule has 19 heavy (non-hydrogen) atoms. The van der Waals surface area contributed by atoms with Crippen molar-refractivity contribution in [1.82, 2.24) is 0 Å². The molecule has 1 fully saturated rings. The van der Waals surface area contributed by atoms with Gasteiger partial charge in [0.2, 0.25) is 0 Å². The molecular formula is C15H20Cl2O2. The second-order valence-electron chi connectivity index (χ2n) is 6.36. The van der Waals surface area contributed by atoms with Crippen LogP contribution in [0.2, 0.25) is 10.0 Å². The molecule has 0 aliphatic carbocycles. The van der Waals surface area contributed by atoms with Crippen LogP contribution < -0.4 is 0 Å². The van der Waals surface area contributed by atoms with Gasteiger partial charge in [-0.3, -0.25) is 0 Å². The van der Waals surface area contributed by atoms with Crippen LogP contribution in [0.15, 0.2) is 18.2 Å². The Labute approximate surface area is 124 Å². The Kier molecular flexibility index (Phi) is 3.92. The fraction of sp³-hybridized carbons (Fsp3) is 0.600. The molecule has 0 radical (unpaired) electrons. The first-order chi connectivity index (χ1) is 8.64. The third-order valence-electron chi connectivity index (χ3n) is 3.83. The molecule has 2 unspecified atom stereocenters. The lowest BCUT2D eigenvalue weighted by atomic mass is 9.80. The minimum atomic E-state index is -0.678. The number of ether oxygens (including phenoxy) is 1. The molecule has 2 rings (SSSR count). The Morgan fingerprint density at radius 1 is 1.26 bits per heavy atom. The van der Waals surface area contributed by atoms with E-state index in [4.69, 9.17) is 27.9 Å². The lowest BCUT2D eigenvalue weighted by Crippen LogP contribution is -2.32. The molecule has 2 nitrogen and oxygen atoms in total. The highest BCUT2D eigenvalue weighted by Crippen LogP contribution is 2.48. The van der Waals surface area contributed by atoms with E-state index in [0.29, 0.717) is 15.6 Å². The van der Waals surface area contributed by atoms with Gasteiger partial charge >= 0.3 is 0 Å². The molecule has 0 amide bonds. The summed E-state index contributed by atoms with van der Waals surface area (Å²) in [6.45, 7) is 8.10. The molecule has 1 aromatic carbocycles. The van der Waals surface area contributed by atoms with Crippen molar-refractivity contribution in [2.45, 2.75) is 51.4 Å². The Hall–Kier alpha value is -0.280. The molecular weight excluding hydrogens is 283 g/mol. The third kappa shape index (κ3) is 2.92. The zero-order valence-electron chi connectivity index (χ0n) is 11.7. The molecule has 0 spiro atoms. The molecule has 0 bridgehead atoms. The van der Waals surface area contributed by atoms with E-state index in [9.17, 15) is 5.11 Å². The SMILES string of the molecule is CC1(C)CC(C(O)c2cccc(Cl)c2Cl)C(C)(C)O1. The molecule has 1 heterocycles. The van der Waals surface area contributed by atoms with E-state index in [1.165, 1.54) is 0 Å². The van der Waals surface area contributed by atoms with Gasteiger partial charge in [0.1, 0.15) is 0 Å². The monoisotopic (exact) mass is 302 g/mol. The lowest BCUT2D eigenvalue weighted by Gasteiger charge is -2.30. The van der Waals surface area contributed by atoms with Gasteiger partial charge in [-0.1, -0.05) is 35.3 Å². The van der Waals surface area contributed by atoms with Crippen molar-refractivity contribution in [3.8, 4) is 0 Å². The van der Waals surface area contributed by atoms with Crippen LogP contribution in [0.5, 0.6) is 0 Å². The highest BCUT2D eigenvalue weighted by Gasteiger charge is 2.49. The summed E-state index contributed by atoms with van der Waals surface area (Å²) in [4.78, 5) is 0. The lowest BCUT2D eigenvalue weighted by molar-refractivity contribution is -0.0880. The van der Waals surface area contributed by atoms with Crippen LogP contribution in [-0.4, -0.2) is 16.3 Å². The Morgan fingerprint density at radius 3 is 2.42 bits per heavy atom. The molecule has 1 aliphatic rings. The van der Waals surface area contributed by atoms with Gasteiger partial charge in [0.05, 0.1) is 27.4 Å². The normalized spacial score (nSPS) is 26.4. The average molecular weight is 303 g/mol. The number of halogens is 2. The van der Waals surface area contributed by atoms with Gasteiger partial charge in [0.15, 0.2) is 0 Å². The first kappa shape index (κ1) is 15.1. The van der Waals surface area contributed by atoms with Crippen molar-refractivity contribution in [3.63, 3.8) is 0 Å². The molecule has 1 saturated heterocycles. The van der Waals surface area contributed by atoms with E-state index in [1.54, 1.807) is 12.1 Å². The maximum absolute atomic E-state index is 10.7. The summed E-state index contributed by atoms with van der Waals surface area (Å²) in [5.41, 5.74) is 0.0444. The van der Waals surface area contributed by atoms with E-state index < -0.39 is 11.7 Å². The van der Waals surface area contributed by atoms with Crippen LogP contribution in [0.1, 0.15) is 45.8 Å². The molecule has 1 aromatic rings. The van der Waals surface area contributed by atoms with Crippen LogP contribution in [0.4, 0.5) is 0 Å². The standard InChI is InChI=1S/C15H20Cl2O2/c1-14(2)8-10(15(3,4)19-14)13(18)9-6-5-7-11(16)12(9)17/h5-7,10,13,18H,8H2,1-4H3. The summed E-state index contributed by atoms with van der Waals surface area (Å²) in [7, 11) is 0. The van der Waals surface area contributed by atoms with E-state index >= 15 is 0 Å². The van der Waals surface area contributed by atoms with E-state index in [0.717, 1.165) is 6.42 Å². The van der Waals surface area contributed by atoms with Crippen molar-refractivity contribution in [1.29, 1.82) is 0 Å². The molecule has 0 aromatic heterocycles. The predicted octanol–water partition coefficient (Wildman–Crippen LogP) is 4.62. The van der Waals surface area contributed by atoms with Crippen LogP contribution in [0.25, 0.3) is 0 Å². The van der Waals surface area contributed by atoms with Crippen molar-refractivity contribution < 1.29 is 9.84 Å². The van der Waals surface area contributed by atoms with Gasteiger partial charge in [-0.25, -0.2) is 0 Å². The summed E-state index contributed by atoms with van der Waals surface area (Å²) in [6.07, 6.45) is 0.104. The number of benzene rings is 1. The first-order valence-electron chi connectivity index (χ1n) is 6.46. The Bertz CT molecular complexity index is 483. The summed E-state index contributed by atoms with van der Waals surface area (Å²) in [5.74, 6) is -0.0153. The molecule has 1 N–H and O–H groups in total. The molecule has 0 saturated carbocycles. The highest BCUT2D eigenvalue weighted by molar-refractivity contribution is 6.42. The second-order valence-corrected chi connectivity index (χ2v) is 7.15. The third-order valence-corrected chi connectivity index (χ3v) is 4.66. The summed E-state index contributed by atoms with van der Waals surface area (Å²) in [6, 6.07) is 5.35. The zero-order chi connectivity index (χ0) is 14.4. The first-order valence-corrected chi connectivity index (χ1v) is 7.22. The van der Waals surface area contributed by atoms with E-state index in [1.807, 2.05) is 33.8 Å². The predicted molar refractivity (Wildman–Crippen MR) is 78.8 cm³/mol. The number of hydrogen-bond donors (Lipinski definition) is 1. The average Bonchev–Trinajstić information content (AvgIpc) is 2.50. The Balaban J connectivity index is 2.34. The Morgan fingerprint density at radius 2 is 1.89 bits per heavy atom. The fourth-order valence-corrected chi connectivity index (χ4v) is 3.48. The molecule has 4 heteroatoms. The van der Waals surface area contributed by atoms with Crippen molar-refractivity contribution in [3.05, 3.63) is 33.8 Å².